The van der Waals surface area contributed by atoms with E-state index in [0.717, 1.165) is 16.9 Å². The van der Waals surface area contributed by atoms with Crippen LogP contribution in [0.15, 0.2) is 60.7 Å². The maximum atomic E-state index is 11.8. The molecule has 0 atom stereocenters. The SMILES string of the molecule is CCOC(=O)C(=O)Nc1cc(Cl)c(Oc2ccc(OC)c(Cc3ccccc3)c2)c(Cl)c1. The summed E-state index contributed by atoms with van der Waals surface area (Å²) >= 11 is 12.7. The van der Waals surface area contributed by atoms with Crippen LogP contribution < -0.4 is 14.8 Å². The molecule has 1 amide bonds. The number of amides is 1. The second-order valence-corrected chi connectivity index (χ2v) is 7.50. The fourth-order valence-corrected chi connectivity index (χ4v) is 3.56. The van der Waals surface area contributed by atoms with Crippen molar-refractivity contribution in [3.05, 3.63) is 81.8 Å². The van der Waals surface area contributed by atoms with Gasteiger partial charge in [0.15, 0.2) is 5.75 Å². The van der Waals surface area contributed by atoms with E-state index in [1.807, 2.05) is 42.5 Å². The van der Waals surface area contributed by atoms with Gasteiger partial charge < -0.3 is 19.5 Å². The molecule has 1 N–H and O–H groups in total. The summed E-state index contributed by atoms with van der Waals surface area (Å²) in [5.41, 5.74) is 2.30. The van der Waals surface area contributed by atoms with Gasteiger partial charge in [-0.1, -0.05) is 53.5 Å². The highest BCUT2D eigenvalue weighted by Gasteiger charge is 2.18. The zero-order valence-corrected chi connectivity index (χ0v) is 19.0. The molecule has 0 fully saturated rings. The highest BCUT2D eigenvalue weighted by molar-refractivity contribution is 6.39. The normalized spacial score (nSPS) is 10.4. The molecule has 0 unspecified atom stereocenters. The molecule has 0 aliphatic carbocycles. The molecule has 3 aromatic rings. The van der Waals surface area contributed by atoms with Gasteiger partial charge in [0.1, 0.15) is 11.5 Å². The molecule has 0 bridgehead atoms. The Bertz CT molecular complexity index is 1100. The number of halogens is 2. The summed E-state index contributed by atoms with van der Waals surface area (Å²) in [5.74, 6) is -0.449. The lowest BCUT2D eigenvalue weighted by Crippen LogP contribution is -2.24. The summed E-state index contributed by atoms with van der Waals surface area (Å²) in [4.78, 5) is 23.3. The predicted octanol–water partition coefficient (Wildman–Crippen LogP) is 5.89. The lowest BCUT2D eigenvalue weighted by atomic mass is 10.0. The first kappa shape index (κ1) is 23.4. The predicted molar refractivity (Wildman–Crippen MR) is 124 cm³/mol. The van der Waals surface area contributed by atoms with Gasteiger partial charge in [-0.15, -0.1) is 0 Å². The molecular weight excluding hydrogens is 453 g/mol. The van der Waals surface area contributed by atoms with Crippen molar-refractivity contribution >= 4 is 40.8 Å². The van der Waals surface area contributed by atoms with Gasteiger partial charge in [-0.25, -0.2) is 4.79 Å². The average molecular weight is 474 g/mol. The molecule has 166 valence electrons. The molecule has 0 saturated carbocycles. The van der Waals surface area contributed by atoms with Gasteiger partial charge in [0, 0.05) is 17.7 Å². The standard InChI is InChI=1S/C24H21Cl2NO5/c1-3-31-24(29)23(28)27-17-13-19(25)22(20(26)14-17)32-18-9-10-21(30-2)16(12-18)11-15-7-5-4-6-8-15/h4-10,12-14H,3,11H2,1-2H3,(H,27,28). The number of anilines is 1. The second kappa shape index (κ2) is 10.9. The van der Waals surface area contributed by atoms with Crippen molar-refractivity contribution in [3.8, 4) is 17.2 Å². The van der Waals surface area contributed by atoms with Gasteiger partial charge in [0.25, 0.3) is 0 Å². The quantitative estimate of drug-likeness (QED) is 0.342. The summed E-state index contributed by atoms with van der Waals surface area (Å²) in [6, 6.07) is 18.3. The highest BCUT2D eigenvalue weighted by atomic mass is 35.5. The summed E-state index contributed by atoms with van der Waals surface area (Å²) in [5, 5.41) is 2.72. The number of esters is 1. The van der Waals surface area contributed by atoms with Crippen LogP contribution in [0.2, 0.25) is 10.0 Å². The van der Waals surface area contributed by atoms with Crippen molar-refractivity contribution in [1.82, 2.24) is 0 Å². The second-order valence-electron chi connectivity index (χ2n) is 6.68. The van der Waals surface area contributed by atoms with Gasteiger partial charge in [-0.2, -0.15) is 0 Å². The van der Waals surface area contributed by atoms with Crippen LogP contribution in [-0.4, -0.2) is 25.6 Å². The molecule has 3 aromatic carbocycles. The minimum absolute atomic E-state index is 0.0919. The van der Waals surface area contributed by atoms with Crippen LogP contribution >= 0.6 is 23.2 Å². The monoisotopic (exact) mass is 473 g/mol. The van der Waals surface area contributed by atoms with Crippen LogP contribution in [0, 0.1) is 0 Å². The third kappa shape index (κ3) is 5.93. The maximum Gasteiger partial charge on any atom is 0.397 e. The third-order valence-corrected chi connectivity index (χ3v) is 4.99. The van der Waals surface area contributed by atoms with E-state index in [2.05, 4.69) is 10.1 Å². The molecule has 0 aliphatic heterocycles. The average Bonchev–Trinajstić information content (AvgIpc) is 2.77. The van der Waals surface area contributed by atoms with Crippen molar-refractivity contribution in [2.75, 3.05) is 19.0 Å². The molecule has 0 spiro atoms. The van der Waals surface area contributed by atoms with E-state index in [0.29, 0.717) is 12.2 Å². The van der Waals surface area contributed by atoms with Gasteiger partial charge in [0.05, 0.1) is 23.8 Å². The highest BCUT2D eigenvalue weighted by Crippen LogP contribution is 2.40. The first-order valence-electron chi connectivity index (χ1n) is 9.77. The van der Waals surface area contributed by atoms with E-state index in [1.54, 1.807) is 20.1 Å². The number of rotatable bonds is 7. The molecule has 6 nitrogen and oxygen atoms in total. The van der Waals surface area contributed by atoms with E-state index in [4.69, 9.17) is 32.7 Å². The number of benzene rings is 3. The molecule has 32 heavy (non-hydrogen) atoms. The molecule has 0 saturated heterocycles. The first-order chi connectivity index (χ1) is 15.4. The molecule has 0 aliphatic rings. The zero-order valence-electron chi connectivity index (χ0n) is 17.5. The van der Waals surface area contributed by atoms with Crippen molar-refractivity contribution in [2.45, 2.75) is 13.3 Å². The number of nitrogens with one attached hydrogen (secondary N) is 1. The van der Waals surface area contributed by atoms with Crippen LogP contribution in [0.1, 0.15) is 18.1 Å². The fourth-order valence-electron chi connectivity index (χ4n) is 3.00. The third-order valence-electron chi connectivity index (χ3n) is 4.43. The Morgan fingerprint density at radius 2 is 1.66 bits per heavy atom. The van der Waals surface area contributed by atoms with E-state index in [9.17, 15) is 9.59 Å². The van der Waals surface area contributed by atoms with E-state index < -0.39 is 11.9 Å². The van der Waals surface area contributed by atoms with E-state index in [-0.39, 0.29) is 28.1 Å². The minimum Gasteiger partial charge on any atom is -0.496 e. The van der Waals surface area contributed by atoms with Crippen LogP contribution in [0.4, 0.5) is 5.69 Å². The van der Waals surface area contributed by atoms with Crippen molar-refractivity contribution in [1.29, 1.82) is 0 Å². The summed E-state index contributed by atoms with van der Waals surface area (Å²) in [6.07, 6.45) is 0.654. The number of carbonyl (C=O) groups is 2. The Kier molecular flexibility index (Phi) is 7.98. The lowest BCUT2D eigenvalue weighted by Gasteiger charge is -2.14. The van der Waals surface area contributed by atoms with Crippen molar-refractivity contribution in [2.24, 2.45) is 0 Å². The Balaban J connectivity index is 1.81. The fraction of sp³-hybridized carbons (Fsp3) is 0.167. The van der Waals surface area contributed by atoms with Gasteiger partial charge in [-0.3, -0.25) is 4.79 Å². The largest absolute Gasteiger partial charge is 0.496 e. The number of methoxy groups -OCH3 is 1. The Morgan fingerprint density at radius 3 is 2.28 bits per heavy atom. The summed E-state index contributed by atoms with van der Waals surface area (Å²) in [7, 11) is 1.61. The lowest BCUT2D eigenvalue weighted by molar-refractivity contribution is -0.152. The number of carbonyl (C=O) groups excluding carboxylic acids is 2. The van der Waals surface area contributed by atoms with Gasteiger partial charge in [-0.05, 0) is 42.8 Å². The molecule has 0 heterocycles. The Morgan fingerprint density at radius 1 is 0.969 bits per heavy atom. The minimum atomic E-state index is -0.996. The van der Waals surface area contributed by atoms with Crippen molar-refractivity contribution < 1.29 is 23.8 Å². The molecular formula is C24H21Cl2NO5. The van der Waals surface area contributed by atoms with Gasteiger partial charge in [0.2, 0.25) is 0 Å². The van der Waals surface area contributed by atoms with E-state index in [1.165, 1.54) is 12.1 Å². The number of hydrogen-bond donors (Lipinski definition) is 1. The first-order valence-corrected chi connectivity index (χ1v) is 10.5. The molecule has 8 heteroatoms. The Labute approximate surface area is 196 Å². The van der Waals surface area contributed by atoms with Crippen LogP contribution in [-0.2, 0) is 20.7 Å². The van der Waals surface area contributed by atoms with Crippen LogP contribution in [0.5, 0.6) is 17.2 Å². The molecule has 0 aromatic heterocycles. The summed E-state index contributed by atoms with van der Waals surface area (Å²) in [6.45, 7) is 1.70. The smallest absolute Gasteiger partial charge is 0.397 e. The van der Waals surface area contributed by atoms with Crippen molar-refractivity contribution in [3.63, 3.8) is 0 Å². The number of ether oxygens (including phenoxy) is 3. The van der Waals surface area contributed by atoms with Crippen LogP contribution in [0.25, 0.3) is 0 Å². The van der Waals surface area contributed by atoms with Crippen LogP contribution in [0.3, 0.4) is 0 Å². The zero-order chi connectivity index (χ0) is 23.1. The Hall–Kier alpha value is -3.22. The molecule has 0 radical (unpaired) electrons. The topological polar surface area (TPSA) is 73.9 Å². The maximum absolute atomic E-state index is 11.8. The van der Waals surface area contributed by atoms with E-state index >= 15 is 0 Å². The molecule has 3 rings (SSSR count). The number of hydrogen-bond acceptors (Lipinski definition) is 5. The van der Waals surface area contributed by atoms with Gasteiger partial charge >= 0.3 is 11.9 Å². The summed E-state index contributed by atoms with van der Waals surface area (Å²) < 4.78 is 16.1.